The van der Waals surface area contributed by atoms with E-state index in [1.54, 1.807) is 6.92 Å². The van der Waals surface area contributed by atoms with E-state index in [4.69, 9.17) is 23.7 Å². The second-order valence-corrected chi connectivity index (χ2v) is 10.8. The number of benzene rings is 1. The number of nitrogens with one attached hydrogen (secondary N) is 3. The van der Waals surface area contributed by atoms with Crippen LogP contribution in [-0.2, 0) is 28.5 Å². The van der Waals surface area contributed by atoms with Crippen LogP contribution in [0.3, 0.4) is 0 Å². The monoisotopic (exact) mass is 847 g/mol. The lowest BCUT2D eigenvalue weighted by Gasteiger charge is -2.23. The fraction of sp³-hybridized carbons (Fsp3) is 0.591. The average Bonchev–Trinajstić information content (AvgIpc) is 2.81. The number of ether oxygens (including phenoxy) is 5. The molecule has 1 atom stereocenters. The first-order valence-corrected chi connectivity index (χ1v) is 13.9. The van der Waals surface area contributed by atoms with Gasteiger partial charge in [-0.3, -0.25) is 14.4 Å². The zero-order valence-electron chi connectivity index (χ0n) is 21.0. The largest absolute Gasteiger partial charge is 0.382 e. The summed E-state index contributed by atoms with van der Waals surface area (Å²) in [6, 6.07) is -0.843. The minimum absolute atomic E-state index is 0.231. The van der Waals surface area contributed by atoms with Crippen molar-refractivity contribution in [1.82, 2.24) is 10.6 Å². The summed E-state index contributed by atoms with van der Waals surface area (Å²) in [6.45, 7) is 2.53. The van der Waals surface area contributed by atoms with E-state index in [0.29, 0.717) is 16.4 Å². The molecule has 0 aromatic heterocycles. The van der Waals surface area contributed by atoms with Crippen LogP contribution < -0.4 is 16.0 Å². The topological polar surface area (TPSA) is 133 Å². The van der Waals surface area contributed by atoms with Gasteiger partial charge in [-0.15, -0.1) is 0 Å². The van der Waals surface area contributed by atoms with Crippen LogP contribution >= 0.6 is 67.8 Å². The molecule has 1 rings (SSSR count). The SMILES string of the molecule is COCC(COC)NC(=O)c1c(I)c(NC(=O)[C@H](C)OC)c(I)c(C(=O)NC(COC)COC)c1I. The summed E-state index contributed by atoms with van der Waals surface area (Å²) >= 11 is 5.97. The highest BCUT2D eigenvalue weighted by atomic mass is 127. The van der Waals surface area contributed by atoms with Gasteiger partial charge in [-0.1, -0.05) is 0 Å². The van der Waals surface area contributed by atoms with Crippen molar-refractivity contribution in [3.05, 3.63) is 21.8 Å². The van der Waals surface area contributed by atoms with Gasteiger partial charge in [-0.25, -0.2) is 0 Å². The van der Waals surface area contributed by atoms with Crippen LogP contribution in [0.5, 0.6) is 0 Å². The van der Waals surface area contributed by atoms with Crippen LogP contribution in [0.4, 0.5) is 5.69 Å². The first-order valence-electron chi connectivity index (χ1n) is 10.7. The smallest absolute Gasteiger partial charge is 0.253 e. The van der Waals surface area contributed by atoms with Crippen molar-refractivity contribution in [1.29, 1.82) is 0 Å². The Morgan fingerprint density at radius 2 is 1.06 bits per heavy atom. The van der Waals surface area contributed by atoms with Crippen LogP contribution in [0, 0.1) is 10.7 Å². The lowest BCUT2D eigenvalue weighted by molar-refractivity contribution is -0.124. The van der Waals surface area contributed by atoms with Crippen molar-refractivity contribution >= 4 is 91.2 Å². The summed E-state index contributed by atoms with van der Waals surface area (Å²) in [6.07, 6.45) is -0.744. The first-order chi connectivity index (χ1) is 17.1. The van der Waals surface area contributed by atoms with Gasteiger partial charge in [0.1, 0.15) is 6.10 Å². The molecular formula is C22H32I3N3O8. The number of methoxy groups -OCH3 is 5. The van der Waals surface area contributed by atoms with E-state index in [0.717, 1.165) is 0 Å². The quantitative estimate of drug-likeness (QED) is 0.229. The molecule has 0 spiro atoms. The molecular weight excluding hydrogens is 815 g/mol. The maximum Gasteiger partial charge on any atom is 0.253 e. The molecule has 0 aliphatic heterocycles. The highest BCUT2D eigenvalue weighted by molar-refractivity contribution is 14.1. The molecule has 0 heterocycles. The number of rotatable bonds is 15. The van der Waals surface area contributed by atoms with Crippen LogP contribution in [0.25, 0.3) is 0 Å². The second-order valence-electron chi connectivity index (χ2n) is 7.60. The number of hydrogen-bond acceptors (Lipinski definition) is 8. The molecule has 3 amide bonds. The number of hydrogen-bond donors (Lipinski definition) is 3. The van der Waals surface area contributed by atoms with Crippen molar-refractivity contribution in [3.63, 3.8) is 0 Å². The Kier molecular flexibility index (Phi) is 16.1. The van der Waals surface area contributed by atoms with E-state index >= 15 is 0 Å². The Morgan fingerprint density at radius 1 is 0.694 bits per heavy atom. The van der Waals surface area contributed by atoms with Crippen molar-refractivity contribution in [2.75, 3.05) is 67.3 Å². The number of halogens is 3. The standard InChI is InChI=1S/C22H32I3N3O8/c1-11(36-6)20(29)28-19-17(24)14(21(30)26-12(7-32-2)8-33-3)16(23)15(18(19)25)22(31)27-13(9-34-4)10-35-5/h11-13H,7-10H2,1-6H3,(H,26,30)(H,27,31)(H,28,29)/t11-/m0/s1. The van der Waals surface area contributed by atoms with Crippen molar-refractivity contribution in [2.24, 2.45) is 0 Å². The number of carbonyl (C=O) groups is 3. The summed E-state index contributed by atoms with van der Waals surface area (Å²) in [5.41, 5.74) is 0.828. The van der Waals surface area contributed by atoms with Crippen molar-refractivity contribution in [2.45, 2.75) is 25.1 Å². The highest BCUT2D eigenvalue weighted by Gasteiger charge is 2.31. The van der Waals surface area contributed by atoms with Gasteiger partial charge in [0.15, 0.2) is 0 Å². The Morgan fingerprint density at radius 3 is 1.36 bits per heavy atom. The summed E-state index contributed by atoms with van der Waals surface area (Å²) in [5, 5.41) is 8.59. The minimum Gasteiger partial charge on any atom is -0.382 e. The van der Waals surface area contributed by atoms with E-state index < -0.39 is 35.9 Å². The maximum absolute atomic E-state index is 13.4. The van der Waals surface area contributed by atoms with Gasteiger partial charge >= 0.3 is 0 Å². The molecule has 14 heteroatoms. The van der Waals surface area contributed by atoms with E-state index in [1.165, 1.54) is 35.5 Å². The fourth-order valence-corrected chi connectivity index (χ4v) is 7.50. The van der Waals surface area contributed by atoms with Gasteiger partial charge in [0.05, 0.1) is 62.5 Å². The molecule has 0 saturated heterocycles. The molecule has 3 N–H and O–H groups in total. The predicted octanol–water partition coefficient (Wildman–Crippen LogP) is 2.26. The molecule has 0 radical (unpaired) electrons. The first kappa shape index (κ1) is 33.6. The summed E-state index contributed by atoms with van der Waals surface area (Å²) in [4.78, 5) is 39.6. The zero-order valence-corrected chi connectivity index (χ0v) is 27.4. The molecule has 0 fully saturated rings. The molecule has 1 aromatic rings. The van der Waals surface area contributed by atoms with Crippen LogP contribution in [-0.4, -0.2) is 97.9 Å². The minimum atomic E-state index is -0.744. The van der Waals surface area contributed by atoms with Crippen molar-refractivity contribution < 1.29 is 38.1 Å². The maximum atomic E-state index is 13.4. The van der Waals surface area contributed by atoms with Gasteiger partial charge in [0.2, 0.25) is 0 Å². The Bertz CT molecular complexity index is 850. The molecule has 11 nitrogen and oxygen atoms in total. The molecule has 204 valence electrons. The third-order valence-corrected chi connectivity index (χ3v) is 8.12. The van der Waals surface area contributed by atoms with Gasteiger partial charge in [0.25, 0.3) is 17.7 Å². The van der Waals surface area contributed by atoms with E-state index in [1.807, 2.05) is 67.8 Å². The Labute approximate surface area is 252 Å². The van der Waals surface area contributed by atoms with Crippen LogP contribution in [0.1, 0.15) is 27.6 Å². The lowest BCUT2D eigenvalue weighted by Crippen LogP contribution is -2.43. The molecule has 0 unspecified atom stereocenters. The van der Waals surface area contributed by atoms with Gasteiger partial charge < -0.3 is 39.6 Å². The van der Waals surface area contributed by atoms with Gasteiger partial charge in [-0.05, 0) is 74.7 Å². The summed E-state index contributed by atoms with van der Waals surface area (Å²) in [5.74, 6) is -1.29. The molecule has 1 aromatic carbocycles. The third-order valence-electron chi connectivity index (χ3n) is 4.88. The Hall–Kier alpha value is -0.380. The molecule has 0 aliphatic rings. The van der Waals surface area contributed by atoms with Crippen molar-refractivity contribution in [3.8, 4) is 0 Å². The number of amides is 3. The number of carbonyl (C=O) groups excluding carboxylic acids is 3. The fourth-order valence-electron chi connectivity index (χ4n) is 3.09. The van der Waals surface area contributed by atoms with Gasteiger partial charge in [0, 0.05) is 39.1 Å². The molecule has 0 aliphatic carbocycles. The lowest BCUT2D eigenvalue weighted by atomic mass is 10.1. The third kappa shape index (κ3) is 9.42. The van der Waals surface area contributed by atoms with Crippen LogP contribution in [0.2, 0.25) is 0 Å². The van der Waals surface area contributed by atoms with E-state index in [9.17, 15) is 14.4 Å². The molecule has 0 saturated carbocycles. The Balaban J connectivity index is 3.64. The van der Waals surface area contributed by atoms with Gasteiger partial charge in [-0.2, -0.15) is 0 Å². The second kappa shape index (κ2) is 17.3. The highest BCUT2D eigenvalue weighted by Crippen LogP contribution is 2.36. The number of anilines is 1. The predicted molar refractivity (Wildman–Crippen MR) is 160 cm³/mol. The average molecular weight is 847 g/mol. The summed E-state index contributed by atoms with van der Waals surface area (Å²) in [7, 11) is 7.52. The van der Waals surface area contributed by atoms with E-state index in [2.05, 4.69) is 16.0 Å². The molecule has 36 heavy (non-hydrogen) atoms. The summed E-state index contributed by atoms with van der Waals surface area (Å²) < 4.78 is 27.2. The zero-order chi connectivity index (χ0) is 27.4. The van der Waals surface area contributed by atoms with E-state index in [-0.39, 0.29) is 37.6 Å². The normalized spacial score (nSPS) is 12.1. The molecule has 0 bridgehead atoms. The van der Waals surface area contributed by atoms with Crippen LogP contribution in [0.15, 0.2) is 0 Å².